The average Bonchev–Trinajstić information content (AvgIpc) is 2.78. The molecule has 3 nitrogen and oxygen atoms in total. The highest BCUT2D eigenvalue weighted by Gasteiger charge is 2.32. The molecule has 0 aliphatic carbocycles. The van der Waals surface area contributed by atoms with Crippen molar-refractivity contribution in [1.29, 1.82) is 0 Å². The number of para-hydroxylation sites is 1. The van der Waals surface area contributed by atoms with Crippen molar-refractivity contribution in [3.8, 4) is 5.75 Å². The summed E-state index contributed by atoms with van der Waals surface area (Å²) in [7, 11) is 1.90. The Labute approximate surface area is 122 Å². The van der Waals surface area contributed by atoms with Gasteiger partial charge >= 0.3 is 6.36 Å². The summed E-state index contributed by atoms with van der Waals surface area (Å²) in [6.45, 7) is 2.20. The van der Waals surface area contributed by atoms with Crippen LogP contribution in [0.15, 0.2) is 24.3 Å². The monoisotopic (exact) mass is 310 g/mol. The lowest BCUT2D eigenvalue weighted by Crippen LogP contribution is -2.29. The van der Waals surface area contributed by atoms with Crippen LogP contribution >= 0.6 is 12.4 Å². The fourth-order valence-electron chi connectivity index (χ4n) is 2.31. The Morgan fingerprint density at radius 1 is 1.35 bits per heavy atom. The third kappa shape index (κ3) is 4.85. The number of alkyl halides is 3. The van der Waals surface area contributed by atoms with Gasteiger partial charge in [-0.15, -0.1) is 25.6 Å². The third-order valence-corrected chi connectivity index (χ3v) is 3.27. The van der Waals surface area contributed by atoms with Gasteiger partial charge in [0, 0.05) is 31.2 Å². The maximum atomic E-state index is 12.3. The number of likely N-dealkylation sites (tertiary alicyclic amines) is 1. The third-order valence-electron chi connectivity index (χ3n) is 3.27. The summed E-state index contributed by atoms with van der Waals surface area (Å²) in [5.41, 5.74) is 0.566. The van der Waals surface area contributed by atoms with E-state index in [2.05, 4.69) is 15.0 Å². The number of rotatable bonds is 4. The Morgan fingerprint density at radius 3 is 2.65 bits per heavy atom. The fraction of sp³-hybridized carbons (Fsp3) is 0.538. The Bertz CT molecular complexity index is 428. The second-order valence-corrected chi connectivity index (χ2v) is 4.66. The van der Waals surface area contributed by atoms with E-state index in [1.165, 1.54) is 6.07 Å². The van der Waals surface area contributed by atoms with Crippen molar-refractivity contribution in [3.63, 3.8) is 0 Å². The topological polar surface area (TPSA) is 24.5 Å². The van der Waals surface area contributed by atoms with Crippen molar-refractivity contribution in [3.05, 3.63) is 29.8 Å². The largest absolute Gasteiger partial charge is 0.573 e. The van der Waals surface area contributed by atoms with Gasteiger partial charge in [0.2, 0.25) is 0 Å². The highest BCUT2D eigenvalue weighted by atomic mass is 35.5. The molecular weight excluding hydrogens is 293 g/mol. The molecule has 1 aromatic rings. The van der Waals surface area contributed by atoms with Crippen LogP contribution in [0.5, 0.6) is 5.75 Å². The summed E-state index contributed by atoms with van der Waals surface area (Å²) in [5.74, 6) is -0.108. The van der Waals surface area contributed by atoms with Crippen molar-refractivity contribution in [1.82, 2.24) is 10.2 Å². The molecule has 0 amide bonds. The first-order chi connectivity index (χ1) is 8.98. The molecule has 20 heavy (non-hydrogen) atoms. The number of halogens is 4. The predicted octanol–water partition coefficient (Wildman–Crippen LogP) is 2.80. The first-order valence-corrected chi connectivity index (χ1v) is 6.21. The standard InChI is InChI=1S/C13H17F3N2O.ClH/c1-17-11-6-7-18(9-11)8-10-4-2-3-5-12(10)19-13(14,15)16;/h2-5,11,17H,6-9H2,1H3;1H. The van der Waals surface area contributed by atoms with Gasteiger partial charge in [0.15, 0.2) is 0 Å². The summed E-state index contributed by atoms with van der Waals surface area (Å²) in [4.78, 5) is 2.12. The SMILES string of the molecule is CNC1CCN(Cc2ccccc2OC(F)(F)F)C1.Cl. The molecule has 0 spiro atoms. The van der Waals surface area contributed by atoms with E-state index in [4.69, 9.17) is 0 Å². The van der Waals surface area contributed by atoms with E-state index < -0.39 is 6.36 Å². The van der Waals surface area contributed by atoms with Crippen LogP contribution in [0, 0.1) is 0 Å². The van der Waals surface area contributed by atoms with Gasteiger partial charge in [0.25, 0.3) is 0 Å². The molecule has 1 fully saturated rings. The molecule has 1 aromatic carbocycles. The van der Waals surface area contributed by atoms with Crippen LogP contribution in [-0.4, -0.2) is 37.4 Å². The molecule has 114 valence electrons. The van der Waals surface area contributed by atoms with Crippen molar-refractivity contribution >= 4 is 12.4 Å². The summed E-state index contributed by atoms with van der Waals surface area (Å²) < 4.78 is 41.0. The molecule has 0 radical (unpaired) electrons. The van der Waals surface area contributed by atoms with E-state index in [1.807, 2.05) is 7.05 Å². The summed E-state index contributed by atoms with van der Waals surface area (Å²) >= 11 is 0. The smallest absolute Gasteiger partial charge is 0.405 e. The van der Waals surface area contributed by atoms with Gasteiger partial charge in [0.1, 0.15) is 5.75 Å². The summed E-state index contributed by atoms with van der Waals surface area (Å²) in [6, 6.07) is 6.72. The second-order valence-electron chi connectivity index (χ2n) is 4.66. The molecule has 1 aliphatic heterocycles. The highest BCUT2D eigenvalue weighted by Crippen LogP contribution is 2.27. The van der Waals surface area contributed by atoms with Gasteiger partial charge in [-0.3, -0.25) is 4.90 Å². The minimum atomic E-state index is -4.64. The number of benzene rings is 1. The Hall–Kier alpha value is -0.980. The van der Waals surface area contributed by atoms with E-state index >= 15 is 0 Å². The van der Waals surface area contributed by atoms with E-state index in [0.29, 0.717) is 18.2 Å². The molecule has 2 rings (SSSR count). The Kier molecular flexibility index (Phi) is 6.10. The Morgan fingerprint density at radius 2 is 2.05 bits per heavy atom. The molecule has 1 aliphatic rings. The lowest BCUT2D eigenvalue weighted by Gasteiger charge is -2.19. The maximum absolute atomic E-state index is 12.3. The van der Waals surface area contributed by atoms with Crippen molar-refractivity contribution in [2.45, 2.75) is 25.4 Å². The molecule has 1 heterocycles. The lowest BCUT2D eigenvalue weighted by molar-refractivity contribution is -0.275. The Balaban J connectivity index is 0.00000200. The van der Waals surface area contributed by atoms with Gasteiger partial charge in [-0.1, -0.05) is 18.2 Å². The number of nitrogens with one attached hydrogen (secondary N) is 1. The number of nitrogens with zero attached hydrogens (tertiary/aromatic N) is 1. The highest BCUT2D eigenvalue weighted by molar-refractivity contribution is 5.85. The molecule has 0 bridgehead atoms. The number of hydrogen-bond donors (Lipinski definition) is 1. The van der Waals surface area contributed by atoms with Crippen LogP contribution in [0.2, 0.25) is 0 Å². The van der Waals surface area contributed by atoms with Gasteiger partial charge in [0.05, 0.1) is 0 Å². The minimum absolute atomic E-state index is 0. The molecule has 0 aromatic heterocycles. The zero-order chi connectivity index (χ0) is 13.9. The van der Waals surface area contributed by atoms with Crippen molar-refractivity contribution in [2.24, 2.45) is 0 Å². The van der Waals surface area contributed by atoms with E-state index in [1.54, 1.807) is 18.2 Å². The molecular formula is C13H18ClF3N2O. The molecule has 1 atom stereocenters. The zero-order valence-corrected chi connectivity index (χ0v) is 11.9. The molecule has 1 saturated heterocycles. The van der Waals surface area contributed by atoms with Crippen LogP contribution < -0.4 is 10.1 Å². The molecule has 7 heteroatoms. The van der Waals surface area contributed by atoms with Gasteiger partial charge in [-0.2, -0.15) is 0 Å². The quantitative estimate of drug-likeness (QED) is 0.925. The number of likely N-dealkylation sites (N-methyl/N-ethyl adjacent to an activating group) is 1. The number of ether oxygens (including phenoxy) is 1. The second kappa shape index (κ2) is 7.15. The van der Waals surface area contributed by atoms with Gasteiger partial charge < -0.3 is 10.1 Å². The van der Waals surface area contributed by atoms with Crippen LogP contribution in [-0.2, 0) is 6.54 Å². The lowest BCUT2D eigenvalue weighted by atomic mass is 10.2. The van der Waals surface area contributed by atoms with Gasteiger partial charge in [-0.25, -0.2) is 0 Å². The first-order valence-electron chi connectivity index (χ1n) is 6.21. The zero-order valence-electron chi connectivity index (χ0n) is 11.1. The van der Waals surface area contributed by atoms with Crippen LogP contribution in [0.4, 0.5) is 13.2 Å². The molecule has 0 saturated carbocycles. The fourth-order valence-corrected chi connectivity index (χ4v) is 2.31. The van der Waals surface area contributed by atoms with E-state index in [0.717, 1.165) is 19.5 Å². The maximum Gasteiger partial charge on any atom is 0.573 e. The average molecular weight is 311 g/mol. The van der Waals surface area contributed by atoms with Crippen LogP contribution in [0.25, 0.3) is 0 Å². The van der Waals surface area contributed by atoms with Crippen molar-refractivity contribution < 1.29 is 17.9 Å². The summed E-state index contributed by atoms with van der Waals surface area (Å²) in [6.07, 6.45) is -3.63. The first kappa shape index (κ1) is 17.1. The van der Waals surface area contributed by atoms with Crippen LogP contribution in [0.1, 0.15) is 12.0 Å². The van der Waals surface area contributed by atoms with E-state index in [9.17, 15) is 13.2 Å². The molecule has 1 unspecified atom stereocenters. The normalized spacial score (nSPS) is 19.7. The van der Waals surface area contributed by atoms with E-state index in [-0.39, 0.29) is 18.2 Å². The van der Waals surface area contributed by atoms with Crippen molar-refractivity contribution in [2.75, 3.05) is 20.1 Å². The van der Waals surface area contributed by atoms with Crippen LogP contribution in [0.3, 0.4) is 0 Å². The predicted molar refractivity (Wildman–Crippen MR) is 73.1 cm³/mol. The molecule has 1 N–H and O–H groups in total. The minimum Gasteiger partial charge on any atom is -0.405 e. The number of hydrogen-bond acceptors (Lipinski definition) is 3. The summed E-state index contributed by atoms with van der Waals surface area (Å²) in [5, 5.41) is 3.18. The van der Waals surface area contributed by atoms with Gasteiger partial charge in [-0.05, 0) is 19.5 Å².